The SMILES string of the molecule is CC[C@@]1(C)NC(=O)N(NC(=O)Cn2cnc3scc(-c4ccc(C)s4)c3c2=O)C1=O. The van der Waals surface area contributed by atoms with Gasteiger partial charge in [-0.05, 0) is 32.4 Å². The number of aryl methyl sites for hydroxylation is 1. The molecule has 0 aliphatic carbocycles. The first-order valence-corrected chi connectivity index (χ1v) is 10.9. The van der Waals surface area contributed by atoms with Crippen LogP contribution in [-0.2, 0) is 16.1 Å². The van der Waals surface area contributed by atoms with Crippen molar-refractivity contribution in [1.29, 1.82) is 0 Å². The molecule has 0 unspecified atom stereocenters. The van der Waals surface area contributed by atoms with Crippen LogP contribution >= 0.6 is 22.7 Å². The van der Waals surface area contributed by atoms with Crippen LogP contribution in [0.5, 0.6) is 0 Å². The predicted octanol–water partition coefficient (Wildman–Crippen LogP) is 2.25. The largest absolute Gasteiger partial charge is 0.344 e. The maximum Gasteiger partial charge on any atom is 0.344 e. The molecule has 1 aliphatic rings. The second-order valence-corrected chi connectivity index (χ2v) is 9.35. The fraction of sp³-hybridized carbons (Fsp3) is 0.316. The summed E-state index contributed by atoms with van der Waals surface area (Å²) in [5, 5.41) is 5.55. The molecule has 0 aromatic carbocycles. The van der Waals surface area contributed by atoms with Crippen molar-refractivity contribution in [3.63, 3.8) is 0 Å². The van der Waals surface area contributed by atoms with Crippen LogP contribution in [0.1, 0.15) is 25.1 Å². The van der Waals surface area contributed by atoms with Gasteiger partial charge in [0.05, 0.1) is 11.7 Å². The predicted molar refractivity (Wildman–Crippen MR) is 114 cm³/mol. The van der Waals surface area contributed by atoms with Gasteiger partial charge >= 0.3 is 6.03 Å². The fourth-order valence-corrected chi connectivity index (χ4v) is 5.04. The van der Waals surface area contributed by atoms with Gasteiger partial charge in [-0.2, -0.15) is 5.01 Å². The van der Waals surface area contributed by atoms with Crippen LogP contribution in [0.2, 0.25) is 0 Å². The highest BCUT2D eigenvalue weighted by Crippen LogP contribution is 2.34. The third kappa shape index (κ3) is 3.29. The number of imide groups is 1. The Morgan fingerprint density at radius 2 is 2.07 bits per heavy atom. The zero-order valence-corrected chi connectivity index (χ0v) is 18.1. The molecule has 0 saturated carbocycles. The number of carbonyl (C=O) groups is 3. The number of hydrogen-bond donors (Lipinski definition) is 2. The number of thiophene rings is 2. The Hall–Kier alpha value is -3.05. The molecule has 4 heterocycles. The molecule has 0 spiro atoms. The fourth-order valence-electron chi connectivity index (χ4n) is 3.18. The van der Waals surface area contributed by atoms with E-state index in [2.05, 4.69) is 15.7 Å². The van der Waals surface area contributed by atoms with Gasteiger partial charge in [0, 0.05) is 20.7 Å². The second kappa shape index (κ2) is 7.33. The highest BCUT2D eigenvalue weighted by atomic mass is 32.1. The molecule has 2 N–H and O–H groups in total. The topological polar surface area (TPSA) is 113 Å². The van der Waals surface area contributed by atoms with Gasteiger partial charge in [0.25, 0.3) is 17.4 Å². The van der Waals surface area contributed by atoms with Crippen LogP contribution in [0.25, 0.3) is 20.7 Å². The average molecular weight is 446 g/mol. The molecule has 1 aliphatic heterocycles. The van der Waals surface area contributed by atoms with E-state index < -0.39 is 23.4 Å². The van der Waals surface area contributed by atoms with Crippen molar-refractivity contribution in [2.75, 3.05) is 0 Å². The summed E-state index contributed by atoms with van der Waals surface area (Å²) < 4.78 is 1.17. The monoisotopic (exact) mass is 445 g/mol. The Kier molecular flexibility index (Phi) is 4.94. The second-order valence-electron chi connectivity index (χ2n) is 7.21. The number of fused-ring (bicyclic) bond motifs is 1. The van der Waals surface area contributed by atoms with E-state index in [9.17, 15) is 19.2 Å². The molecule has 9 nitrogen and oxygen atoms in total. The maximum absolute atomic E-state index is 13.0. The summed E-state index contributed by atoms with van der Waals surface area (Å²) in [4.78, 5) is 56.9. The summed E-state index contributed by atoms with van der Waals surface area (Å²) in [6.07, 6.45) is 1.68. The molecule has 1 fully saturated rings. The Bertz CT molecular complexity index is 1240. The van der Waals surface area contributed by atoms with E-state index in [1.54, 1.807) is 25.2 Å². The average Bonchev–Trinajstić information content (AvgIpc) is 3.38. The van der Waals surface area contributed by atoms with E-state index in [1.165, 1.54) is 22.2 Å². The third-order valence-corrected chi connectivity index (χ3v) is 7.01. The van der Waals surface area contributed by atoms with Crippen LogP contribution in [0.3, 0.4) is 0 Å². The minimum atomic E-state index is -1.06. The molecular weight excluding hydrogens is 426 g/mol. The number of rotatable bonds is 5. The molecule has 0 bridgehead atoms. The van der Waals surface area contributed by atoms with E-state index in [0.29, 0.717) is 21.6 Å². The maximum atomic E-state index is 13.0. The van der Waals surface area contributed by atoms with Gasteiger partial charge in [0.15, 0.2) is 0 Å². The van der Waals surface area contributed by atoms with Gasteiger partial charge in [-0.3, -0.25) is 24.4 Å². The first-order valence-electron chi connectivity index (χ1n) is 9.23. The van der Waals surface area contributed by atoms with Crippen LogP contribution in [0, 0.1) is 6.92 Å². The smallest absolute Gasteiger partial charge is 0.322 e. The number of hydrogen-bond acceptors (Lipinski definition) is 7. The molecule has 1 atom stereocenters. The van der Waals surface area contributed by atoms with E-state index in [0.717, 1.165) is 15.3 Å². The summed E-state index contributed by atoms with van der Waals surface area (Å²) in [6.45, 7) is 4.97. The highest BCUT2D eigenvalue weighted by Gasteiger charge is 2.47. The summed E-state index contributed by atoms with van der Waals surface area (Å²) >= 11 is 2.94. The van der Waals surface area contributed by atoms with E-state index in [-0.39, 0.29) is 12.1 Å². The Morgan fingerprint density at radius 1 is 1.30 bits per heavy atom. The molecule has 11 heteroatoms. The quantitative estimate of drug-likeness (QED) is 0.585. The molecule has 1 saturated heterocycles. The molecule has 30 heavy (non-hydrogen) atoms. The first kappa shape index (κ1) is 20.2. The lowest BCUT2D eigenvalue weighted by atomic mass is 10.00. The summed E-state index contributed by atoms with van der Waals surface area (Å²) in [5.74, 6) is -1.22. The number of aromatic nitrogens is 2. The van der Waals surface area contributed by atoms with Crippen molar-refractivity contribution >= 4 is 50.7 Å². The first-order chi connectivity index (χ1) is 14.2. The number of nitrogens with zero attached hydrogens (tertiary/aromatic N) is 3. The Balaban J connectivity index is 1.59. The highest BCUT2D eigenvalue weighted by molar-refractivity contribution is 7.19. The normalized spacial score (nSPS) is 18.8. The van der Waals surface area contributed by atoms with E-state index in [1.807, 2.05) is 24.4 Å². The Morgan fingerprint density at radius 3 is 2.70 bits per heavy atom. The summed E-state index contributed by atoms with van der Waals surface area (Å²) in [5.41, 5.74) is 1.65. The van der Waals surface area contributed by atoms with Gasteiger partial charge in [-0.1, -0.05) is 6.92 Å². The van der Waals surface area contributed by atoms with Crippen LogP contribution < -0.4 is 16.3 Å². The summed E-state index contributed by atoms with van der Waals surface area (Å²) in [6, 6.07) is 3.23. The molecular formula is C19H19N5O4S2. The van der Waals surface area contributed by atoms with Gasteiger partial charge in [-0.25, -0.2) is 9.78 Å². The molecule has 0 radical (unpaired) electrons. The molecule has 4 amide bonds. The molecule has 3 aromatic heterocycles. The van der Waals surface area contributed by atoms with Crippen molar-refractivity contribution in [2.24, 2.45) is 0 Å². The van der Waals surface area contributed by atoms with Crippen molar-refractivity contribution in [3.05, 3.63) is 39.1 Å². The Labute approximate surface area is 179 Å². The van der Waals surface area contributed by atoms with E-state index in [4.69, 9.17) is 0 Å². The van der Waals surface area contributed by atoms with Crippen LogP contribution in [-0.4, -0.2) is 37.9 Å². The number of hydrazine groups is 1. The molecule has 156 valence electrons. The minimum Gasteiger partial charge on any atom is -0.322 e. The van der Waals surface area contributed by atoms with Gasteiger partial charge in [0.1, 0.15) is 16.9 Å². The zero-order valence-electron chi connectivity index (χ0n) is 16.5. The number of carbonyl (C=O) groups excluding carboxylic acids is 3. The number of nitrogens with one attached hydrogen (secondary N) is 2. The lowest BCUT2D eigenvalue weighted by Crippen LogP contribution is -2.49. The van der Waals surface area contributed by atoms with Crippen molar-refractivity contribution in [1.82, 2.24) is 25.3 Å². The third-order valence-electron chi connectivity index (χ3n) is 5.09. The number of amides is 4. The van der Waals surface area contributed by atoms with Crippen LogP contribution in [0.15, 0.2) is 28.6 Å². The van der Waals surface area contributed by atoms with Gasteiger partial charge in [-0.15, -0.1) is 22.7 Å². The van der Waals surface area contributed by atoms with Crippen molar-refractivity contribution < 1.29 is 14.4 Å². The van der Waals surface area contributed by atoms with Crippen molar-refractivity contribution in [2.45, 2.75) is 39.3 Å². The standard InChI is InChI=1S/C19H19N5O4S2/c1-4-19(3)17(27)24(18(28)21-19)22-13(25)7-23-9-20-15-14(16(23)26)11(8-29-15)12-6-5-10(2)30-12/h5-6,8-9H,4,7H2,1-3H3,(H,21,28)(H,22,25)/t19-/m1/s1. The summed E-state index contributed by atoms with van der Waals surface area (Å²) in [7, 11) is 0. The van der Waals surface area contributed by atoms with E-state index >= 15 is 0 Å². The molecule has 3 aromatic rings. The van der Waals surface area contributed by atoms with Crippen LogP contribution in [0.4, 0.5) is 4.79 Å². The number of urea groups is 1. The van der Waals surface area contributed by atoms with Crippen molar-refractivity contribution in [3.8, 4) is 10.4 Å². The van der Waals surface area contributed by atoms with Gasteiger partial charge < -0.3 is 5.32 Å². The molecule has 4 rings (SSSR count). The minimum absolute atomic E-state index is 0.354. The van der Waals surface area contributed by atoms with Gasteiger partial charge in [0.2, 0.25) is 0 Å². The zero-order chi connectivity index (χ0) is 21.6. The lowest BCUT2D eigenvalue weighted by molar-refractivity contribution is -0.139. The lowest BCUT2D eigenvalue weighted by Gasteiger charge is -2.19.